The maximum absolute atomic E-state index is 12.3. The van der Waals surface area contributed by atoms with E-state index in [4.69, 9.17) is 5.21 Å². The molecule has 1 aromatic carbocycles. The lowest BCUT2D eigenvalue weighted by atomic mass is 10.1. The van der Waals surface area contributed by atoms with Crippen molar-refractivity contribution in [2.24, 2.45) is 0 Å². The Morgan fingerprint density at radius 3 is 2.59 bits per heavy atom. The molecule has 0 radical (unpaired) electrons. The second-order valence-electron chi connectivity index (χ2n) is 7.75. The first-order chi connectivity index (χ1) is 15.5. The number of aromatic nitrogens is 1. The molecule has 0 bridgehead atoms. The van der Waals surface area contributed by atoms with Crippen LogP contribution in [-0.4, -0.2) is 40.5 Å². The maximum Gasteiger partial charge on any atom is 0.243 e. The van der Waals surface area contributed by atoms with E-state index >= 15 is 0 Å². The molecule has 0 aliphatic carbocycles. The van der Waals surface area contributed by atoms with Crippen LogP contribution in [0, 0.1) is 0 Å². The van der Waals surface area contributed by atoms with Crippen LogP contribution in [-0.2, 0) is 14.4 Å². The van der Waals surface area contributed by atoms with E-state index < -0.39 is 0 Å². The van der Waals surface area contributed by atoms with Crippen molar-refractivity contribution in [3.63, 3.8) is 0 Å². The number of hydroxylamine groups is 1. The SMILES string of the molecule is O=C(CCCCCCC(=O)Nc1nc(-c2cccc(NC(=O)C3CCCN3)c2)cs1)NO. The number of hydrogen-bond acceptors (Lipinski definition) is 7. The monoisotopic (exact) mass is 459 g/mol. The molecule has 1 atom stereocenters. The van der Waals surface area contributed by atoms with Gasteiger partial charge in [0.15, 0.2) is 5.13 Å². The number of hydrogen-bond donors (Lipinski definition) is 5. The van der Waals surface area contributed by atoms with Crippen LogP contribution in [0.1, 0.15) is 51.4 Å². The fourth-order valence-electron chi connectivity index (χ4n) is 3.52. The zero-order chi connectivity index (χ0) is 22.8. The molecule has 1 fully saturated rings. The van der Waals surface area contributed by atoms with Crippen LogP contribution in [0.3, 0.4) is 0 Å². The average molecular weight is 460 g/mol. The summed E-state index contributed by atoms with van der Waals surface area (Å²) in [7, 11) is 0. The van der Waals surface area contributed by atoms with Crippen LogP contribution < -0.4 is 21.4 Å². The summed E-state index contributed by atoms with van der Waals surface area (Å²) in [6.45, 7) is 0.870. The third-order valence-electron chi connectivity index (χ3n) is 5.24. The van der Waals surface area contributed by atoms with Gasteiger partial charge in [-0.25, -0.2) is 10.5 Å². The highest BCUT2D eigenvalue weighted by atomic mass is 32.1. The van der Waals surface area contributed by atoms with Crippen LogP contribution in [0.2, 0.25) is 0 Å². The number of unbranched alkanes of at least 4 members (excludes halogenated alkanes) is 3. The Labute approximate surface area is 191 Å². The van der Waals surface area contributed by atoms with Gasteiger partial charge >= 0.3 is 0 Å². The Morgan fingerprint density at radius 2 is 1.88 bits per heavy atom. The molecule has 2 heterocycles. The van der Waals surface area contributed by atoms with Gasteiger partial charge in [0.05, 0.1) is 11.7 Å². The molecular formula is C22H29N5O4S. The van der Waals surface area contributed by atoms with Crippen LogP contribution in [0.15, 0.2) is 29.6 Å². The van der Waals surface area contributed by atoms with E-state index in [0.717, 1.165) is 55.6 Å². The topological polar surface area (TPSA) is 132 Å². The second-order valence-corrected chi connectivity index (χ2v) is 8.61. The largest absolute Gasteiger partial charge is 0.325 e. The van der Waals surface area contributed by atoms with Gasteiger partial charge in [0.25, 0.3) is 0 Å². The summed E-state index contributed by atoms with van der Waals surface area (Å²) >= 11 is 1.36. The fourth-order valence-corrected chi connectivity index (χ4v) is 4.26. The first-order valence-electron chi connectivity index (χ1n) is 10.9. The van der Waals surface area contributed by atoms with Crippen molar-refractivity contribution in [2.75, 3.05) is 17.2 Å². The summed E-state index contributed by atoms with van der Waals surface area (Å²) in [6, 6.07) is 7.38. The summed E-state index contributed by atoms with van der Waals surface area (Å²) in [4.78, 5) is 39.9. The normalized spacial score (nSPS) is 15.3. The van der Waals surface area contributed by atoms with E-state index in [0.29, 0.717) is 18.0 Å². The van der Waals surface area contributed by atoms with E-state index in [-0.39, 0.29) is 30.2 Å². The van der Waals surface area contributed by atoms with Crippen molar-refractivity contribution in [3.05, 3.63) is 29.6 Å². The highest BCUT2D eigenvalue weighted by Crippen LogP contribution is 2.27. The van der Waals surface area contributed by atoms with E-state index in [1.807, 2.05) is 29.6 Å². The number of anilines is 2. The van der Waals surface area contributed by atoms with Gasteiger partial charge in [0.2, 0.25) is 17.7 Å². The Morgan fingerprint density at radius 1 is 1.09 bits per heavy atom. The fraction of sp³-hybridized carbons (Fsp3) is 0.455. The van der Waals surface area contributed by atoms with E-state index in [1.165, 1.54) is 11.3 Å². The molecule has 1 aliphatic heterocycles. The predicted molar refractivity (Wildman–Crippen MR) is 123 cm³/mol. The predicted octanol–water partition coefficient (Wildman–Crippen LogP) is 3.29. The van der Waals surface area contributed by atoms with Crippen molar-refractivity contribution in [3.8, 4) is 11.3 Å². The molecule has 5 N–H and O–H groups in total. The third-order valence-corrected chi connectivity index (χ3v) is 5.99. The van der Waals surface area contributed by atoms with Gasteiger partial charge in [0.1, 0.15) is 0 Å². The molecule has 0 saturated carbocycles. The van der Waals surface area contributed by atoms with Gasteiger partial charge in [-0.05, 0) is 44.4 Å². The number of nitrogens with one attached hydrogen (secondary N) is 4. The molecule has 1 unspecified atom stereocenters. The van der Waals surface area contributed by atoms with Crippen molar-refractivity contribution >= 4 is 39.9 Å². The quantitative estimate of drug-likeness (QED) is 0.199. The number of carbonyl (C=O) groups excluding carboxylic acids is 3. The van der Waals surface area contributed by atoms with Gasteiger partial charge in [-0.2, -0.15) is 0 Å². The Kier molecular flexibility index (Phi) is 9.14. The average Bonchev–Trinajstić information content (AvgIpc) is 3.48. The van der Waals surface area contributed by atoms with E-state index in [1.54, 1.807) is 5.48 Å². The van der Waals surface area contributed by atoms with Gasteiger partial charge in [-0.1, -0.05) is 25.0 Å². The lowest BCUT2D eigenvalue weighted by Crippen LogP contribution is -2.35. The summed E-state index contributed by atoms with van der Waals surface area (Å²) in [5.41, 5.74) is 3.93. The Bertz CT molecular complexity index is 927. The Balaban J connectivity index is 1.44. The van der Waals surface area contributed by atoms with Gasteiger partial charge < -0.3 is 16.0 Å². The molecule has 1 aliphatic rings. The molecule has 0 spiro atoms. The standard InChI is InChI=1S/C22H29N5O4S/c28-19(10-3-1-2-4-11-20(29)27-31)26-22-25-18(14-32-22)15-7-5-8-16(13-15)24-21(30)17-9-6-12-23-17/h5,7-8,13-14,17,23,31H,1-4,6,9-12H2,(H,24,30)(H,27,29)(H,25,26,28). The summed E-state index contributed by atoms with van der Waals surface area (Å²) in [6.07, 6.45) is 5.60. The van der Waals surface area contributed by atoms with Crippen molar-refractivity contribution in [1.82, 2.24) is 15.8 Å². The van der Waals surface area contributed by atoms with Crippen molar-refractivity contribution in [1.29, 1.82) is 0 Å². The summed E-state index contributed by atoms with van der Waals surface area (Å²) in [5.74, 6) is -0.507. The molecule has 2 aromatic rings. The second kappa shape index (κ2) is 12.3. The molecular weight excluding hydrogens is 430 g/mol. The van der Waals surface area contributed by atoms with Crippen molar-refractivity contribution in [2.45, 2.75) is 57.4 Å². The Hall–Kier alpha value is -2.82. The molecule has 1 aromatic heterocycles. The number of thiazole rings is 1. The minimum Gasteiger partial charge on any atom is -0.325 e. The summed E-state index contributed by atoms with van der Waals surface area (Å²) in [5, 5.41) is 19.8. The first kappa shape index (κ1) is 23.8. The molecule has 3 amide bonds. The number of carbonyl (C=O) groups is 3. The van der Waals surface area contributed by atoms with E-state index in [2.05, 4.69) is 20.9 Å². The van der Waals surface area contributed by atoms with Crippen molar-refractivity contribution < 1.29 is 19.6 Å². The molecule has 172 valence electrons. The molecule has 9 nitrogen and oxygen atoms in total. The maximum atomic E-state index is 12.3. The minimum absolute atomic E-state index is 0.0254. The molecule has 1 saturated heterocycles. The third kappa shape index (κ3) is 7.40. The van der Waals surface area contributed by atoms with E-state index in [9.17, 15) is 14.4 Å². The summed E-state index contributed by atoms with van der Waals surface area (Å²) < 4.78 is 0. The van der Waals surface area contributed by atoms with Gasteiger partial charge in [0, 0.05) is 29.5 Å². The smallest absolute Gasteiger partial charge is 0.243 e. The zero-order valence-corrected chi connectivity index (χ0v) is 18.7. The van der Waals surface area contributed by atoms with Crippen LogP contribution >= 0.6 is 11.3 Å². The first-order valence-corrected chi connectivity index (χ1v) is 11.8. The number of rotatable bonds is 11. The van der Waals surface area contributed by atoms with Crippen LogP contribution in [0.5, 0.6) is 0 Å². The number of nitrogens with zero attached hydrogens (tertiary/aromatic N) is 1. The highest BCUT2D eigenvalue weighted by Gasteiger charge is 2.22. The molecule has 3 rings (SSSR count). The lowest BCUT2D eigenvalue weighted by Gasteiger charge is -2.11. The van der Waals surface area contributed by atoms with Crippen LogP contribution in [0.25, 0.3) is 11.3 Å². The van der Waals surface area contributed by atoms with Crippen LogP contribution in [0.4, 0.5) is 10.8 Å². The van der Waals surface area contributed by atoms with Gasteiger partial charge in [-0.3, -0.25) is 19.6 Å². The lowest BCUT2D eigenvalue weighted by molar-refractivity contribution is -0.129. The molecule has 10 heteroatoms. The zero-order valence-electron chi connectivity index (χ0n) is 17.9. The number of benzene rings is 1. The number of amides is 3. The molecule has 32 heavy (non-hydrogen) atoms. The van der Waals surface area contributed by atoms with Gasteiger partial charge in [-0.15, -0.1) is 11.3 Å². The highest BCUT2D eigenvalue weighted by molar-refractivity contribution is 7.14. The minimum atomic E-state index is -0.388.